The summed E-state index contributed by atoms with van der Waals surface area (Å²) in [5, 5.41) is 0. The van der Waals surface area contributed by atoms with Gasteiger partial charge in [-0.1, -0.05) is 13.0 Å². The van der Waals surface area contributed by atoms with Crippen molar-refractivity contribution in [2.75, 3.05) is 0 Å². The molecule has 1 aromatic rings. The highest BCUT2D eigenvalue weighted by Crippen LogP contribution is 2.09. The first-order valence-electron chi connectivity index (χ1n) is 5.22. The molecule has 0 unspecified atom stereocenters. The van der Waals surface area contributed by atoms with Gasteiger partial charge in [0.2, 0.25) is 0 Å². The predicted octanol–water partition coefficient (Wildman–Crippen LogP) is 2.52. The lowest BCUT2D eigenvalue weighted by Gasteiger charge is -2.08. The van der Waals surface area contributed by atoms with Crippen LogP contribution in [0.1, 0.15) is 42.5 Å². The third kappa shape index (κ3) is 3.05. The Morgan fingerprint density at radius 1 is 1.47 bits per heavy atom. The van der Waals surface area contributed by atoms with Gasteiger partial charge in [0.15, 0.2) is 0 Å². The molecule has 82 valence electrons. The van der Waals surface area contributed by atoms with E-state index in [1.165, 1.54) is 0 Å². The van der Waals surface area contributed by atoms with Crippen LogP contribution in [0.2, 0.25) is 0 Å². The van der Waals surface area contributed by atoms with Crippen LogP contribution in [0.4, 0.5) is 0 Å². The Balaban J connectivity index is 2.87. The molecular formula is C12H17NO2. The molecule has 15 heavy (non-hydrogen) atoms. The summed E-state index contributed by atoms with van der Waals surface area (Å²) in [6.45, 7) is 7.62. The molecule has 0 aliphatic heterocycles. The zero-order chi connectivity index (χ0) is 11.4. The van der Waals surface area contributed by atoms with Gasteiger partial charge >= 0.3 is 5.97 Å². The molecular weight excluding hydrogens is 190 g/mol. The molecule has 0 amide bonds. The topological polar surface area (TPSA) is 39.2 Å². The number of nitrogens with zero attached hydrogens (tertiary/aromatic N) is 1. The van der Waals surface area contributed by atoms with Gasteiger partial charge in [-0.3, -0.25) is 0 Å². The largest absolute Gasteiger partial charge is 0.458 e. The van der Waals surface area contributed by atoms with Gasteiger partial charge in [0, 0.05) is 5.69 Å². The van der Waals surface area contributed by atoms with Crippen molar-refractivity contribution >= 4 is 5.97 Å². The molecule has 1 aromatic heterocycles. The number of hydrogen-bond donors (Lipinski definition) is 0. The number of esters is 1. The van der Waals surface area contributed by atoms with E-state index in [1.54, 1.807) is 6.07 Å². The van der Waals surface area contributed by atoms with Crippen LogP contribution in [0.5, 0.6) is 0 Å². The molecule has 0 aromatic carbocycles. The fraction of sp³-hybridized carbons (Fsp3) is 0.500. The molecule has 0 atom stereocenters. The Labute approximate surface area is 90.5 Å². The van der Waals surface area contributed by atoms with Crippen LogP contribution in [0.3, 0.4) is 0 Å². The van der Waals surface area contributed by atoms with Crippen LogP contribution >= 0.6 is 0 Å². The number of hydrogen-bond acceptors (Lipinski definition) is 3. The zero-order valence-electron chi connectivity index (χ0n) is 9.70. The van der Waals surface area contributed by atoms with Crippen molar-refractivity contribution < 1.29 is 9.53 Å². The lowest BCUT2D eigenvalue weighted by Crippen LogP contribution is -2.13. The Morgan fingerprint density at radius 3 is 2.60 bits per heavy atom. The van der Waals surface area contributed by atoms with Crippen molar-refractivity contribution in [3.8, 4) is 0 Å². The average Bonchev–Trinajstić information content (AvgIpc) is 2.16. The van der Waals surface area contributed by atoms with E-state index in [9.17, 15) is 4.79 Å². The second-order valence-electron chi connectivity index (χ2n) is 3.75. The molecule has 0 bridgehead atoms. The standard InChI is InChI=1S/C12H17NO2/c1-5-10-6-7-11(13-9(10)4)12(14)15-8(2)3/h6-8H,5H2,1-4H3. The van der Waals surface area contributed by atoms with E-state index in [4.69, 9.17) is 4.74 Å². The van der Waals surface area contributed by atoms with Crippen molar-refractivity contribution in [1.29, 1.82) is 0 Å². The van der Waals surface area contributed by atoms with Gasteiger partial charge in [-0.2, -0.15) is 0 Å². The molecule has 1 rings (SSSR count). The monoisotopic (exact) mass is 207 g/mol. The summed E-state index contributed by atoms with van der Waals surface area (Å²) >= 11 is 0. The van der Waals surface area contributed by atoms with E-state index < -0.39 is 0 Å². The summed E-state index contributed by atoms with van der Waals surface area (Å²) in [5.41, 5.74) is 2.45. The van der Waals surface area contributed by atoms with Crippen LogP contribution < -0.4 is 0 Å². The van der Waals surface area contributed by atoms with Gasteiger partial charge in [-0.15, -0.1) is 0 Å². The summed E-state index contributed by atoms with van der Waals surface area (Å²) in [6, 6.07) is 3.65. The van der Waals surface area contributed by atoms with Crippen molar-refractivity contribution in [2.45, 2.75) is 40.2 Å². The summed E-state index contributed by atoms with van der Waals surface area (Å²) in [5.74, 6) is -0.351. The van der Waals surface area contributed by atoms with Crippen molar-refractivity contribution in [3.63, 3.8) is 0 Å². The van der Waals surface area contributed by atoms with Crippen molar-refractivity contribution in [3.05, 3.63) is 29.1 Å². The van der Waals surface area contributed by atoms with E-state index >= 15 is 0 Å². The van der Waals surface area contributed by atoms with Gasteiger partial charge < -0.3 is 4.74 Å². The fourth-order valence-corrected chi connectivity index (χ4v) is 1.35. The fourth-order valence-electron chi connectivity index (χ4n) is 1.35. The van der Waals surface area contributed by atoms with Crippen molar-refractivity contribution in [1.82, 2.24) is 4.98 Å². The molecule has 0 spiro atoms. The third-order valence-electron chi connectivity index (χ3n) is 2.13. The van der Waals surface area contributed by atoms with E-state index in [0.29, 0.717) is 5.69 Å². The molecule has 0 fully saturated rings. The first-order chi connectivity index (χ1) is 7.04. The van der Waals surface area contributed by atoms with Gasteiger partial charge in [0.25, 0.3) is 0 Å². The highest BCUT2D eigenvalue weighted by atomic mass is 16.5. The Kier molecular flexibility index (Phi) is 3.83. The van der Waals surface area contributed by atoms with Crippen LogP contribution in [-0.2, 0) is 11.2 Å². The first-order valence-corrected chi connectivity index (χ1v) is 5.22. The maximum absolute atomic E-state index is 11.5. The second-order valence-corrected chi connectivity index (χ2v) is 3.75. The Hall–Kier alpha value is -1.38. The normalized spacial score (nSPS) is 10.5. The number of rotatable bonds is 3. The second kappa shape index (κ2) is 4.91. The van der Waals surface area contributed by atoms with E-state index in [0.717, 1.165) is 17.7 Å². The number of carbonyl (C=O) groups is 1. The molecule has 0 saturated carbocycles. The summed E-state index contributed by atoms with van der Waals surface area (Å²) < 4.78 is 5.06. The third-order valence-corrected chi connectivity index (χ3v) is 2.13. The average molecular weight is 207 g/mol. The summed E-state index contributed by atoms with van der Waals surface area (Å²) in [6.07, 6.45) is 0.823. The number of aryl methyl sites for hydroxylation is 2. The molecule has 0 radical (unpaired) electrons. The highest BCUT2D eigenvalue weighted by Gasteiger charge is 2.11. The van der Waals surface area contributed by atoms with Gasteiger partial charge in [-0.25, -0.2) is 9.78 Å². The first kappa shape index (κ1) is 11.7. The Morgan fingerprint density at radius 2 is 2.13 bits per heavy atom. The maximum Gasteiger partial charge on any atom is 0.357 e. The van der Waals surface area contributed by atoms with Gasteiger partial charge in [-0.05, 0) is 38.8 Å². The molecule has 1 heterocycles. The SMILES string of the molecule is CCc1ccc(C(=O)OC(C)C)nc1C. The molecule has 0 aliphatic rings. The molecule has 3 heteroatoms. The number of pyridine rings is 1. The van der Waals surface area contributed by atoms with Crippen LogP contribution in [-0.4, -0.2) is 17.1 Å². The van der Waals surface area contributed by atoms with Gasteiger partial charge in [0.05, 0.1) is 6.10 Å². The van der Waals surface area contributed by atoms with Crippen LogP contribution in [0, 0.1) is 6.92 Å². The van der Waals surface area contributed by atoms with E-state index in [2.05, 4.69) is 11.9 Å². The minimum atomic E-state index is -0.351. The highest BCUT2D eigenvalue weighted by molar-refractivity contribution is 5.87. The summed E-state index contributed by atoms with van der Waals surface area (Å²) in [4.78, 5) is 15.7. The van der Waals surface area contributed by atoms with E-state index in [-0.39, 0.29) is 12.1 Å². The van der Waals surface area contributed by atoms with Crippen LogP contribution in [0.25, 0.3) is 0 Å². The number of carbonyl (C=O) groups excluding carboxylic acids is 1. The zero-order valence-corrected chi connectivity index (χ0v) is 9.70. The minimum Gasteiger partial charge on any atom is -0.458 e. The lowest BCUT2D eigenvalue weighted by atomic mass is 10.1. The molecule has 3 nitrogen and oxygen atoms in total. The maximum atomic E-state index is 11.5. The van der Waals surface area contributed by atoms with Crippen molar-refractivity contribution in [2.24, 2.45) is 0 Å². The number of aromatic nitrogens is 1. The minimum absolute atomic E-state index is 0.106. The Bertz CT molecular complexity index is 359. The predicted molar refractivity (Wildman–Crippen MR) is 58.9 cm³/mol. The van der Waals surface area contributed by atoms with Crippen LogP contribution in [0.15, 0.2) is 12.1 Å². The number of ether oxygens (including phenoxy) is 1. The summed E-state index contributed by atoms with van der Waals surface area (Å²) in [7, 11) is 0. The quantitative estimate of drug-likeness (QED) is 0.715. The lowest BCUT2D eigenvalue weighted by molar-refractivity contribution is 0.0370. The molecule has 0 N–H and O–H groups in total. The smallest absolute Gasteiger partial charge is 0.357 e. The molecule has 0 saturated heterocycles. The van der Waals surface area contributed by atoms with Gasteiger partial charge in [0.1, 0.15) is 5.69 Å². The molecule has 0 aliphatic carbocycles. The van der Waals surface area contributed by atoms with E-state index in [1.807, 2.05) is 26.8 Å².